The summed E-state index contributed by atoms with van der Waals surface area (Å²) >= 11 is 0. The van der Waals surface area contributed by atoms with Crippen molar-refractivity contribution in [3.63, 3.8) is 0 Å². The number of aliphatic hydroxyl groups is 3. The maximum absolute atomic E-state index is 14.2. The van der Waals surface area contributed by atoms with E-state index >= 15 is 0 Å². The van der Waals surface area contributed by atoms with Crippen molar-refractivity contribution in [1.29, 1.82) is 0 Å². The number of nitrogens with zero attached hydrogens (tertiary/aromatic N) is 2. The summed E-state index contributed by atoms with van der Waals surface area (Å²) in [6.07, 6.45) is 0.0380. The van der Waals surface area contributed by atoms with Crippen molar-refractivity contribution in [2.45, 2.75) is 57.7 Å². The molecule has 0 radical (unpaired) electrons. The van der Waals surface area contributed by atoms with Crippen molar-refractivity contribution < 1.29 is 44.4 Å². The number of aliphatic hydroxyl groups excluding tert-OH is 2. The number of likely N-dealkylation sites (N-methyl/N-ethyl adjacent to an activating group) is 1. The van der Waals surface area contributed by atoms with Crippen LogP contribution in [0, 0.1) is 11.8 Å². The molecule has 3 aliphatic rings. The Hall–Kier alpha value is -4.27. The van der Waals surface area contributed by atoms with Gasteiger partial charge in [-0.2, -0.15) is 0 Å². The second-order valence-electron chi connectivity index (χ2n) is 13.3. The van der Waals surface area contributed by atoms with Gasteiger partial charge in [-0.1, -0.05) is 0 Å². The second-order valence-corrected chi connectivity index (χ2v) is 13.3. The SMILES string of the molecule is CC(=O)NC(=O)C1=C(O)[C@@]2(O)C(=O)C3=C(O)c4c(O)c(NC(=O)CNC(C)(C)C)cc(N(C)C)c4C[C@H]3C[C@H]2[C@H](N(C)C)C1=O. The van der Waals surface area contributed by atoms with Crippen LogP contribution in [0.25, 0.3) is 5.76 Å². The van der Waals surface area contributed by atoms with E-state index < -0.39 is 75.6 Å². The summed E-state index contributed by atoms with van der Waals surface area (Å²) < 4.78 is 0. The molecule has 7 N–H and O–H groups in total. The smallest absolute Gasteiger partial charge is 0.265 e. The van der Waals surface area contributed by atoms with Gasteiger partial charge in [-0.25, -0.2) is 0 Å². The fourth-order valence-corrected chi connectivity index (χ4v) is 6.53. The first kappa shape index (κ1) is 33.6. The number of amides is 3. The Labute approximate surface area is 260 Å². The third kappa shape index (κ3) is 5.69. The predicted molar refractivity (Wildman–Crippen MR) is 165 cm³/mol. The number of ketones is 2. The molecule has 1 saturated carbocycles. The molecule has 14 nitrogen and oxygen atoms in total. The topological polar surface area (TPSA) is 209 Å². The Morgan fingerprint density at radius 3 is 2.22 bits per heavy atom. The van der Waals surface area contributed by atoms with Crippen LogP contribution < -0.4 is 20.9 Å². The lowest BCUT2D eigenvalue weighted by atomic mass is 9.57. The van der Waals surface area contributed by atoms with Crippen LogP contribution in [0.15, 0.2) is 23.0 Å². The first-order valence-corrected chi connectivity index (χ1v) is 14.5. The van der Waals surface area contributed by atoms with Crippen molar-refractivity contribution >= 4 is 46.4 Å². The van der Waals surface area contributed by atoms with E-state index in [2.05, 4.69) is 10.6 Å². The van der Waals surface area contributed by atoms with Gasteiger partial charge in [0.15, 0.2) is 11.4 Å². The van der Waals surface area contributed by atoms with Gasteiger partial charge < -0.3 is 36.0 Å². The van der Waals surface area contributed by atoms with Gasteiger partial charge in [-0.15, -0.1) is 0 Å². The third-order valence-corrected chi connectivity index (χ3v) is 8.50. The predicted octanol–water partition coefficient (Wildman–Crippen LogP) is 0.534. The lowest BCUT2D eigenvalue weighted by Crippen LogP contribution is -2.66. The number of phenols is 1. The molecule has 4 atom stereocenters. The van der Waals surface area contributed by atoms with Crippen LogP contribution >= 0.6 is 0 Å². The molecule has 3 amide bonds. The molecule has 0 heterocycles. The molecule has 14 heteroatoms. The summed E-state index contributed by atoms with van der Waals surface area (Å²) in [5, 5.41) is 53.8. The van der Waals surface area contributed by atoms with Gasteiger partial charge in [0, 0.05) is 43.7 Å². The summed E-state index contributed by atoms with van der Waals surface area (Å²) in [5.74, 6) is -8.95. The minimum atomic E-state index is -2.81. The standard InChI is InChI=1S/C31H41N5O9/c1-13(37)33-29(44)22-26(41)23(36(7)8)16-10-14-9-15-18(35(5)6)11-17(34-19(38)12-32-30(2,3)4)24(39)21(15)25(40)20(14)27(42)31(16,45)28(22)43/h11,14,16,23,32,39-40,43,45H,9-10,12H2,1-8H3,(H,34,38)(H,33,37,44)/t14-,16-,23-,31-/m0/s1. The number of aromatic hydroxyl groups is 1. The number of anilines is 2. The highest BCUT2D eigenvalue weighted by molar-refractivity contribution is 6.27. The average molecular weight is 628 g/mol. The number of rotatable bonds is 6. The molecule has 0 spiro atoms. The Morgan fingerprint density at radius 1 is 1.07 bits per heavy atom. The molecule has 1 aromatic carbocycles. The van der Waals surface area contributed by atoms with Gasteiger partial charge in [0.25, 0.3) is 5.91 Å². The summed E-state index contributed by atoms with van der Waals surface area (Å²) in [6.45, 7) is 6.60. The molecule has 0 saturated heterocycles. The van der Waals surface area contributed by atoms with Gasteiger partial charge in [-0.3, -0.25) is 34.2 Å². The van der Waals surface area contributed by atoms with E-state index in [-0.39, 0.29) is 41.7 Å². The van der Waals surface area contributed by atoms with Crippen molar-refractivity contribution in [2.24, 2.45) is 11.8 Å². The number of imide groups is 1. The molecule has 244 valence electrons. The van der Waals surface area contributed by atoms with Gasteiger partial charge in [0.1, 0.15) is 22.8 Å². The normalized spacial score (nSPS) is 24.6. The van der Waals surface area contributed by atoms with Crippen LogP contribution in [0.4, 0.5) is 11.4 Å². The fourth-order valence-electron chi connectivity index (χ4n) is 6.53. The third-order valence-electron chi connectivity index (χ3n) is 8.50. The molecule has 4 rings (SSSR count). The summed E-state index contributed by atoms with van der Waals surface area (Å²) in [7, 11) is 6.51. The molecule has 0 bridgehead atoms. The average Bonchev–Trinajstić information content (AvgIpc) is 2.89. The Kier molecular flexibility index (Phi) is 8.65. The van der Waals surface area contributed by atoms with Crippen molar-refractivity contribution in [3.8, 4) is 5.75 Å². The zero-order valence-corrected chi connectivity index (χ0v) is 26.7. The van der Waals surface area contributed by atoms with E-state index in [4.69, 9.17) is 0 Å². The van der Waals surface area contributed by atoms with Gasteiger partial charge >= 0.3 is 0 Å². The fraction of sp³-hybridized carbons (Fsp3) is 0.516. The van der Waals surface area contributed by atoms with Crippen molar-refractivity contribution in [1.82, 2.24) is 15.5 Å². The molecule has 1 aromatic rings. The van der Waals surface area contributed by atoms with Crippen LogP contribution in [0.1, 0.15) is 45.2 Å². The number of phenolic OH excluding ortho intramolecular Hbond substituents is 1. The zero-order valence-electron chi connectivity index (χ0n) is 26.7. The van der Waals surface area contributed by atoms with Gasteiger partial charge in [-0.05, 0) is 65.3 Å². The summed E-state index contributed by atoms with van der Waals surface area (Å²) in [4.78, 5) is 68.1. The summed E-state index contributed by atoms with van der Waals surface area (Å²) in [6, 6.07) is 0.317. The number of hydrogen-bond donors (Lipinski definition) is 7. The molecule has 0 unspecified atom stereocenters. The quantitative estimate of drug-likeness (QED) is 0.170. The molecule has 45 heavy (non-hydrogen) atoms. The van der Waals surface area contributed by atoms with E-state index in [1.807, 2.05) is 26.1 Å². The van der Waals surface area contributed by atoms with Crippen molar-refractivity contribution in [3.05, 3.63) is 34.1 Å². The van der Waals surface area contributed by atoms with Gasteiger partial charge in [0.05, 0.1) is 23.8 Å². The first-order chi connectivity index (χ1) is 20.7. The maximum atomic E-state index is 14.2. The maximum Gasteiger partial charge on any atom is 0.265 e. The van der Waals surface area contributed by atoms with E-state index in [1.165, 1.54) is 19.0 Å². The zero-order chi connectivity index (χ0) is 33.9. The minimum Gasteiger partial charge on any atom is -0.508 e. The Balaban J connectivity index is 1.90. The summed E-state index contributed by atoms with van der Waals surface area (Å²) in [5.41, 5.74) is -3.55. The highest BCUT2D eigenvalue weighted by Crippen LogP contribution is 2.54. The van der Waals surface area contributed by atoms with Crippen LogP contribution in [0.2, 0.25) is 0 Å². The van der Waals surface area contributed by atoms with E-state index in [1.54, 1.807) is 25.1 Å². The van der Waals surface area contributed by atoms with Crippen LogP contribution in [0.3, 0.4) is 0 Å². The highest BCUT2D eigenvalue weighted by Gasteiger charge is 2.64. The lowest BCUT2D eigenvalue weighted by molar-refractivity contribution is -0.153. The van der Waals surface area contributed by atoms with Crippen LogP contribution in [-0.2, 0) is 30.4 Å². The van der Waals surface area contributed by atoms with E-state index in [0.29, 0.717) is 11.3 Å². The molecular formula is C31H41N5O9. The number of nitrogens with one attached hydrogen (secondary N) is 3. The number of hydrogen-bond acceptors (Lipinski definition) is 12. The monoisotopic (exact) mass is 627 g/mol. The Morgan fingerprint density at radius 2 is 1.69 bits per heavy atom. The molecule has 3 aliphatic carbocycles. The van der Waals surface area contributed by atoms with Crippen LogP contribution in [-0.4, -0.2) is 107 Å². The number of carbonyl (C=O) groups is 5. The highest BCUT2D eigenvalue weighted by atomic mass is 16.3. The molecular weight excluding hydrogens is 586 g/mol. The number of carbonyl (C=O) groups excluding carboxylic acids is 5. The number of Topliss-reactive ketones (excluding diaryl/α,β-unsaturated/α-hetero) is 2. The van der Waals surface area contributed by atoms with Crippen molar-refractivity contribution in [2.75, 3.05) is 45.0 Å². The molecule has 0 aromatic heterocycles. The second kappa shape index (κ2) is 11.6. The van der Waals surface area contributed by atoms with E-state index in [0.717, 1.165) is 6.92 Å². The van der Waals surface area contributed by atoms with E-state index in [9.17, 15) is 44.4 Å². The Bertz CT molecular complexity index is 1570. The number of fused-ring (bicyclic) bond motifs is 3. The first-order valence-electron chi connectivity index (χ1n) is 14.5. The lowest BCUT2D eigenvalue weighted by Gasteiger charge is -2.50. The number of benzene rings is 1. The minimum absolute atomic E-state index is 0.0227. The molecule has 1 fully saturated rings. The largest absolute Gasteiger partial charge is 0.508 e. The molecule has 0 aliphatic heterocycles. The van der Waals surface area contributed by atoms with Gasteiger partial charge in [0.2, 0.25) is 17.6 Å². The van der Waals surface area contributed by atoms with Crippen LogP contribution in [0.5, 0.6) is 5.75 Å².